The minimum absolute atomic E-state index is 0.123. The normalized spacial score (nSPS) is 11.6. The Morgan fingerprint density at radius 1 is 0.849 bits per heavy atom. The van der Waals surface area contributed by atoms with Gasteiger partial charge in [0.05, 0.1) is 41.1 Å². The maximum Gasteiger partial charge on any atom is 0.573 e. The van der Waals surface area contributed by atoms with Crippen molar-refractivity contribution in [3.8, 4) is 5.75 Å². The van der Waals surface area contributed by atoms with Crippen LogP contribution >= 0.6 is 11.3 Å². The summed E-state index contributed by atoms with van der Waals surface area (Å²) in [6.07, 6.45) is 13.3. The summed E-state index contributed by atoms with van der Waals surface area (Å²) in [5, 5.41) is 24.2. The van der Waals surface area contributed by atoms with E-state index in [1.807, 2.05) is 17.7 Å². The number of halogens is 3. The van der Waals surface area contributed by atoms with Gasteiger partial charge in [-0.05, 0) is 62.1 Å². The monoisotopic (exact) mass is 765 g/mol. The molecule has 0 aliphatic heterocycles. The Morgan fingerprint density at radius 2 is 1.53 bits per heavy atom. The number of aliphatic hydroxyl groups excluding tert-OH is 1. The Kier molecular flexibility index (Phi) is 20.5. The summed E-state index contributed by atoms with van der Waals surface area (Å²) in [5.74, 6) is -0.399. The Labute approximate surface area is 315 Å². The van der Waals surface area contributed by atoms with E-state index in [9.17, 15) is 18.0 Å². The van der Waals surface area contributed by atoms with E-state index in [1.54, 1.807) is 0 Å². The number of benzene rings is 2. The van der Waals surface area contributed by atoms with Crippen molar-refractivity contribution in [2.75, 3.05) is 38.2 Å². The van der Waals surface area contributed by atoms with Gasteiger partial charge in [0, 0.05) is 26.1 Å². The highest BCUT2D eigenvalue weighted by atomic mass is 32.1. The van der Waals surface area contributed by atoms with Gasteiger partial charge in [-0.3, -0.25) is 4.79 Å². The molecule has 2 aromatic heterocycles. The summed E-state index contributed by atoms with van der Waals surface area (Å²) < 4.78 is 49.2. The first-order chi connectivity index (χ1) is 25.6. The van der Waals surface area contributed by atoms with Crippen LogP contribution in [0.2, 0.25) is 0 Å². The zero-order valence-corrected chi connectivity index (χ0v) is 32.1. The Balaban J connectivity index is 0.000000399. The summed E-state index contributed by atoms with van der Waals surface area (Å²) in [4.78, 5) is 19.6. The molecule has 4 rings (SSSR count). The number of aryl methyl sites for hydroxylation is 2. The number of carbonyl (C=O) groups is 1. The van der Waals surface area contributed by atoms with Crippen LogP contribution in [0.5, 0.6) is 5.75 Å². The van der Waals surface area contributed by atoms with E-state index in [-0.39, 0.29) is 18.8 Å². The van der Waals surface area contributed by atoms with E-state index in [0.717, 1.165) is 75.5 Å². The number of anilines is 2. The summed E-state index contributed by atoms with van der Waals surface area (Å²) >= 11 is 1.23. The molecule has 0 radical (unpaired) electrons. The number of unbranched alkanes of at least 4 members (excludes halogenated alkanes) is 12. The number of imidazole rings is 1. The van der Waals surface area contributed by atoms with Crippen LogP contribution in [-0.4, -0.2) is 70.0 Å². The lowest BCUT2D eigenvalue weighted by Crippen LogP contribution is -2.21. The van der Waals surface area contributed by atoms with Crippen molar-refractivity contribution < 1.29 is 37.7 Å². The van der Waals surface area contributed by atoms with Gasteiger partial charge in [-0.15, -0.1) is 13.2 Å². The number of carboxylic acid groups (broad SMARTS) is 1. The molecule has 0 amide bonds. The summed E-state index contributed by atoms with van der Waals surface area (Å²) in [7, 11) is 1.91. The van der Waals surface area contributed by atoms with Crippen LogP contribution in [0.15, 0.2) is 36.4 Å². The summed E-state index contributed by atoms with van der Waals surface area (Å²) in [5.41, 5.74) is 3.64. The second-order valence-electron chi connectivity index (χ2n) is 13.2. The minimum Gasteiger partial charge on any atom is -0.481 e. The average molecular weight is 766 g/mol. The first-order valence-corrected chi connectivity index (χ1v) is 19.9. The Hall–Kier alpha value is -3.46. The number of aromatic nitrogens is 3. The lowest BCUT2D eigenvalue weighted by molar-refractivity contribution is -0.274. The number of carboxylic acids is 1. The highest BCUT2D eigenvalue weighted by Gasteiger charge is 2.31. The van der Waals surface area contributed by atoms with Crippen LogP contribution in [-0.2, 0) is 23.0 Å². The fourth-order valence-corrected chi connectivity index (χ4v) is 6.77. The van der Waals surface area contributed by atoms with Gasteiger partial charge in [-0.2, -0.15) is 0 Å². The molecule has 0 unspecified atom stereocenters. The minimum atomic E-state index is -4.74. The second-order valence-corrected chi connectivity index (χ2v) is 14.2. The van der Waals surface area contributed by atoms with Crippen molar-refractivity contribution in [3.05, 3.63) is 42.0 Å². The molecule has 0 fully saturated rings. The summed E-state index contributed by atoms with van der Waals surface area (Å²) in [6.45, 7) is 5.53. The maximum absolute atomic E-state index is 12.5. The molecule has 0 aliphatic rings. The first-order valence-electron chi connectivity index (χ1n) is 19.1. The molecule has 2 aromatic carbocycles. The van der Waals surface area contributed by atoms with Crippen LogP contribution < -0.4 is 15.4 Å². The van der Waals surface area contributed by atoms with Gasteiger partial charge in [-0.25, -0.2) is 9.97 Å². The van der Waals surface area contributed by atoms with Crippen LogP contribution in [0.4, 0.5) is 24.3 Å². The van der Waals surface area contributed by atoms with Gasteiger partial charge in [-0.1, -0.05) is 95.0 Å². The second kappa shape index (κ2) is 24.8. The molecule has 296 valence electrons. The Morgan fingerprint density at radius 3 is 2.23 bits per heavy atom. The topological polar surface area (TPSA) is 131 Å². The fourth-order valence-electron chi connectivity index (χ4n) is 5.89. The van der Waals surface area contributed by atoms with E-state index >= 15 is 0 Å². The van der Waals surface area contributed by atoms with Gasteiger partial charge in [0.15, 0.2) is 5.13 Å². The van der Waals surface area contributed by atoms with Crippen molar-refractivity contribution >= 4 is 49.6 Å². The molecule has 0 saturated heterocycles. The van der Waals surface area contributed by atoms with Crippen LogP contribution in [0.1, 0.15) is 109 Å². The largest absolute Gasteiger partial charge is 0.573 e. The van der Waals surface area contributed by atoms with Gasteiger partial charge < -0.3 is 34.9 Å². The number of nitrogens with one attached hydrogen (secondary N) is 2. The van der Waals surface area contributed by atoms with Crippen LogP contribution in [0.3, 0.4) is 0 Å². The fraction of sp³-hybridized carbons (Fsp3) is 0.615. The molecule has 4 aromatic rings. The van der Waals surface area contributed by atoms with E-state index in [1.165, 1.54) is 80.0 Å². The number of nitrogens with zero attached hydrogens (tertiary/aromatic N) is 3. The third-order valence-electron chi connectivity index (χ3n) is 8.73. The predicted octanol–water partition coefficient (Wildman–Crippen LogP) is 9.91. The average Bonchev–Trinajstić information content (AvgIpc) is 3.66. The van der Waals surface area contributed by atoms with E-state index in [4.69, 9.17) is 14.9 Å². The number of ether oxygens (including phenoxy) is 2. The van der Waals surface area contributed by atoms with Gasteiger partial charge in [0.25, 0.3) is 0 Å². The van der Waals surface area contributed by atoms with E-state index in [0.29, 0.717) is 34.5 Å². The summed E-state index contributed by atoms with van der Waals surface area (Å²) in [6, 6.07) is 10.3. The van der Waals surface area contributed by atoms with Crippen molar-refractivity contribution in [3.63, 3.8) is 0 Å². The Bertz CT molecular complexity index is 1600. The SMILES string of the molecule is CCCCCCCCCNCCOCCO.Cn1c(Nc2nc3ccc(OC(F)(F)F)cc3s2)nc2ccc(CCCCCCCCCC(=O)O)cc21. The number of rotatable bonds is 26. The first kappa shape index (κ1) is 43.9. The van der Waals surface area contributed by atoms with Crippen molar-refractivity contribution in [1.82, 2.24) is 19.9 Å². The van der Waals surface area contributed by atoms with Crippen molar-refractivity contribution in [1.29, 1.82) is 0 Å². The van der Waals surface area contributed by atoms with E-state index < -0.39 is 12.3 Å². The molecule has 0 bridgehead atoms. The standard InChI is InChI=1S/C26H29F3N4O3S.C13H29NO2/c1-33-21-15-17(9-7-5-3-2-4-6-8-10-23(34)35)11-13-19(21)30-24(33)32-25-31-20-14-12-18(16-22(20)37-25)36-26(27,28)29;1-2-3-4-5-6-7-8-9-14-10-12-16-13-11-15/h11-16H,2-10H2,1H3,(H,34,35)(H,30,31,32);14-15H,2-13H2,1H3. The zero-order valence-electron chi connectivity index (χ0n) is 31.3. The number of aliphatic hydroxyl groups is 1. The molecule has 2 heterocycles. The third-order valence-corrected chi connectivity index (χ3v) is 9.66. The van der Waals surface area contributed by atoms with Gasteiger partial charge in [0.2, 0.25) is 5.95 Å². The molecular weight excluding hydrogens is 708 g/mol. The molecule has 10 nitrogen and oxygen atoms in total. The number of fused-ring (bicyclic) bond motifs is 2. The molecule has 0 atom stereocenters. The smallest absolute Gasteiger partial charge is 0.481 e. The molecule has 0 aliphatic carbocycles. The third kappa shape index (κ3) is 17.9. The molecular formula is C39H58F3N5O5S. The molecule has 14 heteroatoms. The number of alkyl halides is 3. The van der Waals surface area contributed by atoms with Crippen molar-refractivity contribution in [2.45, 2.75) is 116 Å². The van der Waals surface area contributed by atoms with Gasteiger partial charge in [0.1, 0.15) is 5.75 Å². The number of thiazole rings is 1. The van der Waals surface area contributed by atoms with E-state index in [2.05, 4.69) is 44.4 Å². The number of aliphatic carboxylic acids is 1. The zero-order chi connectivity index (χ0) is 38.3. The van der Waals surface area contributed by atoms with Crippen molar-refractivity contribution in [2.24, 2.45) is 7.05 Å². The van der Waals surface area contributed by atoms with Crippen LogP contribution in [0, 0.1) is 0 Å². The highest BCUT2D eigenvalue weighted by Crippen LogP contribution is 2.33. The maximum atomic E-state index is 12.5. The lowest BCUT2D eigenvalue weighted by atomic mass is 10.0. The van der Waals surface area contributed by atoms with Crippen LogP contribution in [0.25, 0.3) is 21.3 Å². The lowest BCUT2D eigenvalue weighted by Gasteiger charge is -2.07. The number of hydrogen-bond donors (Lipinski definition) is 4. The number of hydrogen-bond acceptors (Lipinski definition) is 9. The predicted molar refractivity (Wildman–Crippen MR) is 207 cm³/mol. The molecule has 53 heavy (non-hydrogen) atoms. The highest BCUT2D eigenvalue weighted by molar-refractivity contribution is 7.22. The van der Waals surface area contributed by atoms with Gasteiger partial charge >= 0.3 is 12.3 Å². The molecule has 4 N–H and O–H groups in total. The quantitative estimate of drug-likeness (QED) is 0.0462. The molecule has 0 spiro atoms. The molecule has 0 saturated carbocycles.